The maximum Gasteiger partial charge on any atom is 0.324 e. The highest BCUT2D eigenvalue weighted by Crippen LogP contribution is 2.23. The summed E-state index contributed by atoms with van der Waals surface area (Å²) in [6, 6.07) is 10.6. The number of amides is 1. The molecule has 0 spiro atoms. The van der Waals surface area contributed by atoms with Gasteiger partial charge in [0.1, 0.15) is 12.6 Å². The Balaban J connectivity index is 2.28. The predicted octanol–water partition coefficient (Wildman–Crippen LogP) is 0.846. The zero-order valence-corrected chi connectivity index (χ0v) is 19.4. The molecule has 0 aliphatic rings. The van der Waals surface area contributed by atoms with Crippen molar-refractivity contribution in [1.29, 1.82) is 0 Å². The zero-order chi connectivity index (χ0) is 24.6. The molecule has 0 aliphatic carbocycles. The number of nitrogens with zero attached hydrogens (tertiary/aromatic N) is 1. The normalized spacial score (nSPS) is 12.1. The lowest BCUT2D eigenvalue weighted by Gasteiger charge is -2.19. The number of sulfonamides is 1. The number of nitrogens with one attached hydrogen (secondary N) is 1. The molecule has 2 rings (SSSR count). The average molecular weight is 476 g/mol. The summed E-state index contributed by atoms with van der Waals surface area (Å²) in [5, 5.41) is 0. The summed E-state index contributed by atoms with van der Waals surface area (Å²) >= 11 is 0. The monoisotopic (exact) mass is 475 g/mol. The minimum absolute atomic E-state index is 0.0258. The zero-order valence-electron chi connectivity index (χ0n) is 18.6. The number of aryl methyl sites for hydroxylation is 1. The molecule has 178 valence electrons. The number of carbonyl (C=O) groups excluding carboxylic acids is 2. The molecule has 0 radical (unpaired) electrons. The summed E-state index contributed by atoms with van der Waals surface area (Å²) in [6.45, 7) is 3.51. The second-order valence-corrected chi connectivity index (χ2v) is 9.14. The SMILES string of the molecule is Cc1ccc(S(=O)(=O)N[C@@H](CCCN=C(N)N)C(=O)OCc2ccccc2)c(C(N)=O)c1C. The van der Waals surface area contributed by atoms with Gasteiger partial charge in [-0.3, -0.25) is 14.6 Å². The van der Waals surface area contributed by atoms with E-state index >= 15 is 0 Å². The van der Waals surface area contributed by atoms with Crippen LogP contribution in [0.3, 0.4) is 0 Å². The number of aliphatic imine (C=N–C) groups is 1. The Bertz CT molecular complexity index is 1130. The number of hydrogen-bond acceptors (Lipinski definition) is 6. The van der Waals surface area contributed by atoms with Crippen molar-refractivity contribution in [3.8, 4) is 0 Å². The van der Waals surface area contributed by atoms with E-state index in [0.717, 1.165) is 5.56 Å². The first kappa shape index (κ1) is 25.8. The number of hydrogen-bond donors (Lipinski definition) is 4. The fraction of sp³-hybridized carbons (Fsp3) is 0.318. The fourth-order valence-electron chi connectivity index (χ4n) is 3.13. The van der Waals surface area contributed by atoms with Crippen molar-refractivity contribution >= 4 is 27.9 Å². The Morgan fingerprint density at radius 2 is 1.73 bits per heavy atom. The van der Waals surface area contributed by atoms with Gasteiger partial charge in [0.2, 0.25) is 15.9 Å². The van der Waals surface area contributed by atoms with E-state index in [1.807, 2.05) is 6.07 Å². The van der Waals surface area contributed by atoms with Crippen LogP contribution in [0.2, 0.25) is 0 Å². The van der Waals surface area contributed by atoms with Gasteiger partial charge in [0.05, 0.1) is 10.5 Å². The van der Waals surface area contributed by atoms with Gasteiger partial charge in [-0.25, -0.2) is 8.42 Å². The Morgan fingerprint density at radius 1 is 1.06 bits per heavy atom. The summed E-state index contributed by atoms with van der Waals surface area (Å²) in [7, 11) is -4.29. The number of carbonyl (C=O) groups is 2. The number of primary amides is 1. The minimum Gasteiger partial charge on any atom is -0.460 e. The van der Waals surface area contributed by atoms with E-state index < -0.39 is 27.9 Å². The molecular weight excluding hydrogens is 446 g/mol. The summed E-state index contributed by atoms with van der Waals surface area (Å²) < 4.78 is 34.0. The standard InChI is InChI=1S/C22H29N5O5S/c1-14-10-11-18(19(15(14)2)20(23)28)33(30,31)27-17(9-6-12-26-22(24)25)21(29)32-13-16-7-4-3-5-8-16/h3-5,7-8,10-11,17,27H,6,9,12-13H2,1-2H3,(H2,23,28)(H4,24,25,26)/t17-/m0/s1. The molecule has 0 bridgehead atoms. The maximum atomic E-state index is 13.2. The van der Waals surface area contributed by atoms with E-state index in [1.54, 1.807) is 44.2 Å². The Labute approximate surface area is 193 Å². The number of benzene rings is 2. The van der Waals surface area contributed by atoms with Crippen molar-refractivity contribution in [3.63, 3.8) is 0 Å². The third-order valence-electron chi connectivity index (χ3n) is 4.98. The van der Waals surface area contributed by atoms with Crippen molar-refractivity contribution in [1.82, 2.24) is 4.72 Å². The van der Waals surface area contributed by atoms with Crippen LogP contribution in [0.5, 0.6) is 0 Å². The van der Waals surface area contributed by atoms with Gasteiger partial charge in [0, 0.05) is 6.54 Å². The third-order valence-corrected chi connectivity index (χ3v) is 6.50. The first-order valence-corrected chi connectivity index (χ1v) is 11.7. The van der Waals surface area contributed by atoms with E-state index in [1.165, 1.54) is 6.07 Å². The molecule has 7 N–H and O–H groups in total. The van der Waals surface area contributed by atoms with Crippen molar-refractivity contribution < 1.29 is 22.7 Å². The van der Waals surface area contributed by atoms with Gasteiger partial charge < -0.3 is 21.9 Å². The summed E-state index contributed by atoms with van der Waals surface area (Å²) in [4.78, 5) is 28.3. The van der Waals surface area contributed by atoms with Gasteiger partial charge in [0.25, 0.3) is 0 Å². The molecule has 0 fully saturated rings. The van der Waals surface area contributed by atoms with Crippen molar-refractivity contribution in [2.24, 2.45) is 22.2 Å². The predicted molar refractivity (Wildman–Crippen MR) is 125 cm³/mol. The first-order valence-electron chi connectivity index (χ1n) is 10.2. The molecule has 0 saturated carbocycles. The van der Waals surface area contributed by atoms with Gasteiger partial charge in [-0.15, -0.1) is 0 Å². The van der Waals surface area contributed by atoms with Gasteiger partial charge >= 0.3 is 5.97 Å². The van der Waals surface area contributed by atoms with Crippen LogP contribution in [0.1, 0.15) is 39.9 Å². The van der Waals surface area contributed by atoms with E-state index in [9.17, 15) is 18.0 Å². The molecule has 0 aliphatic heterocycles. The molecule has 11 heteroatoms. The van der Waals surface area contributed by atoms with Crippen LogP contribution in [0.4, 0.5) is 0 Å². The lowest BCUT2D eigenvalue weighted by molar-refractivity contribution is -0.147. The highest BCUT2D eigenvalue weighted by Gasteiger charge is 2.30. The molecule has 10 nitrogen and oxygen atoms in total. The fourth-order valence-corrected chi connectivity index (χ4v) is 4.61. The lowest BCUT2D eigenvalue weighted by atomic mass is 10.0. The van der Waals surface area contributed by atoms with E-state index in [-0.39, 0.29) is 36.0 Å². The topological polar surface area (TPSA) is 180 Å². The maximum absolute atomic E-state index is 13.2. The summed E-state index contributed by atoms with van der Waals surface area (Å²) in [5.41, 5.74) is 17.8. The Hall–Kier alpha value is -3.44. The quantitative estimate of drug-likeness (QED) is 0.161. The van der Waals surface area contributed by atoms with Crippen molar-refractivity contribution in [2.75, 3.05) is 6.54 Å². The van der Waals surface area contributed by atoms with Gasteiger partial charge in [0.15, 0.2) is 5.96 Å². The van der Waals surface area contributed by atoms with Gasteiger partial charge in [-0.05, 0) is 49.4 Å². The van der Waals surface area contributed by atoms with Crippen LogP contribution in [0, 0.1) is 13.8 Å². The van der Waals surface area contributed by atoms with Crippen molar-refractivity contribution in [3.05, 3.63) is 64.7 Å². The molecular formula is C22H29N5O5S. The van der Waals surface area contributed by atoms with E-state index in [2.05, 4.69) is 9.71 Å². The number of esters is 1. The molecule has 1 amide bonds. The number of guanidine groups is 1. The Morgan fingerprint density at radius 3 is 2.33 bits per heavy atom. The molecule has 2 aromatic rings. The molecule has 2 aromatic carbocycles. The number of nitrogens with two attached hydrogens (primary N) is 3. The van der Waals surface area contributed by atoms with Gasteiger partial charge in [-0.2, -0.15) is 4.72 Å². The van der Waals surface area contributed by atoms with E-state index in [4.69, 9.17) is 21.9 Å². The summed E-state index contributed by atoms with van der Waals surface area (Å²) in [5.74, 6) is -1.76. The van der Waals surface area contributed by atoms with Crippen molar-refractivity contribution in [2.45, 2.75) is 44.2 Å². The van der Waals surface area contributed by atoms with Crippen LogP contribution >= 0.6 is 0 Å². The first-order chi connectivity index (χ1) is 15.5. The second kappa shape index (κ2) is 11.4. The van der Waals surface area contributed by atoms with Crippen LogP contribution in [-0.4, -0.2) is 38.8 Å². The highest BCUT2D eigenvalue weighted by molar-refractivity contribution is 7.89. The summed E-state index contributed by atoms with van der Waals surface area (Å²) in [6.07, 6.45) is 0.376. The third kappa shape index (κ3) is 7.29. The number of rotatable bonds is 11. The number of ether oxygens (including phenoxy) is 1. The van der Waals surface area contributed by atoms with E-state index in [0.29, 0.717) is 17.5 Å². The molecule has 0 aromatic heterocycles. The second-order valence-electron chi connectivity index (χ2n) is 7.46. The Kier molecular flexibility index (Phi) is 8.94. The lowest BCUT2D eigenvalue weighted by Crippen LogP contribution is -2.42. The van der Waals surface area contributed by atoms with Gasteiger partial charge in [-0.1, -0.05) is 36.4 Å². The molecule has 1 atom stereocenters. The van der Waals surface area contributed by atoms with Crippen LogP contribution < -0.4 is 21.9 Å². The van der Waals surface area contributed by atoms with Crippen LogP contribution in [0.25, 0.3) is 0 Å². The van der Waals surface area contributed by atoms with Crippen LogP contribution in [0.15, 0.2) is 52.4 Å². The minimum atomic E-state index is -4.29. The average Bonchev–Trinajstić information content (AvgIpc) is 2.76. The molecule has 33 heavy (non-hydrogen) atoms. The highest BCUT2D eigenvalue weighted by atomic mass is 32.2. The molecule has 0 heterocycles. The largest absolute Gasteiger partial charge is 0.460 e. The molecule has 0 saturated heterocycles. The smallest absolute Gasteiger partial charge is 0.324 e. The van der Waals surface area contributed by atoms with Crippen LogP contribution in [-0.2, 0) is 26.2 Å². The molecule has 0 unspecified atom stereocenters.